The zero-order valence-corrected chi connectivity index (χ0v) is 13.4. The number of hydrogen-bond acceptors (Lipinski definition) is 3. The molecule has 0 saturated heterocycles. The largest absolute Gasteiger partial charge is 0.467 e. The van der Waals surface area contributed by atoms with Crippen LogP contribution in [0.15, 0.2) is 18.2 Å². The SMILES string of the molecule is CCCCC(Nc1ccc(Cl)cc1I)C(=O)OC. The summed E-state index contributed by atoms with van der Waals surface area (Å²) in [5, 5.41) is 3.91. The quantitative estimate of drug-likeness (QED) is 0.596. The van der Waals surface area contributed by atoms with E-state index < -0.39 is 0 Å². The number of esters is 1. The van der Waals surface area contributed by atoms with Crippen molar-refractivity contribution in [3.8, 4) is 0 Å². The standard InChI is InChI=1S/C13H17ClINO2/c1-3-4-5-12(13(17)18-2)16-11-7-6-9(14)8-10(11)15/h6-8,12,16H,3-5H2,1-2H3. The molecule has 1 atom stereocenters. The summed E-state index contributed by atoms with van der Waals surface area (Å²) in [6.45, 7) is 2.10. The molecule has 0 aromatic heterocycles. The monoisotopic (exact) mass is 381 g/mol. The lowest BCUT2D eigenvalue weighted by Crippen LogP contribution is -2.30. The van der Waals surface area contributed by atoms with Crippen LogP contribution in [0.3, 0.4) is 0 Å². The number of benzene rings is 1. The normalized spacial score (nSPS) is 12.0. The summed E-state index contributed by atoms with van der Waals surface area (Å²) >= 11 is 8.10. The smallest absolute Gasteiger partial charge is 0.328 e. The highest BCUT2D eigenvalue weighted by atomic mass is 127. The van der Waals surface area contributed by atoms with Gasteiger partial charge in [0.25, 0.3) is 0 Å². The fraction of sp³-hybridized carbons (Fsp3) is 0.462. The van der Waals surface area contributed by atoms with Crippen molar-refractivity contribution in [1.82, 2.24) is 0 Å². The molecular formula is C13H17ClINO2. The number of nitrogens with one attached hydrogen (secondary N) is 1. The molecule has 0 amide bonds. The van der Waals surface area contributed by atoms with Gasteiger partial charge in [-0.2, -0.15) is 0 Å². The molecular weight excluding hydrogens is 365 g/mol. The minimum atomic E-state index is -0.301. The van der Waals surface area contributed by atoms with Gasteiger partial charge < -0.3 is 10.1 Å². The third-order valence-corrected chi connectivity index (χ3v) is 3.72. The van der Waals surface area contributed by atoms with Gasteiger partial charge in [0.1, 0.15) is 6.04 Å². The summed E-state index contributed by atoms with van der Waals surface area (Å²) in [6.07, 6.45) is 2.80. The molecule has 100 valence electrons. The Morgan fingerprint density at radius 2 is 2.28 bits per heavy atom. The highest BCUT2D eigenvalue weighted by Gasteiger charge is 2.19. The van der Waals surface area contributed by atoms with E-state index in [1.807, 2.05) is 12.1 Å². The molecule has 1 aromatic carbocycles. The first kappa shape index (κ1) is 15.6. The number of hydrogen-bond donors (Lipinski definition) is 1. The van der Waals surface area contributed by atoms with Gasteiger partial charge in [-0.15, -0.1) is 0 Å². The number of carbonyl (C=O) groups is 1. The van der Waals surface area contributed by atoms with Gasteiger partial charge in [-0.05, 0) is 47.2 Å². The first-order valence-corrected chi connectivity index (χ1v) is 7.33. The van der Waals surface area contributed by atoms with Gasteiger partial charge in [-0.3, -0.25) is 0 Å². The summed E-state index contributed by atoms with van der Waals surface area (Å²) < 4.78 is 5.81. The van der Waals surface area contributed by atoms with Gasteiger partial charge in [0, 0.05) is 14.3 Å². The first-order chi connectivity index (χ1) is 8.58. The van der Waals surface area contributed by atoms with Gasteiger partial charge in [0.2, 0.25) is 0 Å². The van der Waals surface area contributed by atoms with E-state index in [0.717, 1.165) is 28.5 Å². The van der Waals surface area contributed by atoms with Crippen molar-refractivity contribution in [3.05, 3.63) is 26.8 Å². The van der Waals surface area contributed by atoms with E-state index in [9.17, 15) is 4.79 Å². The molecule has 0 aliphatic carbocycles. The molecule has 1 N–H and O–H groups in total. The summed E-state index contributed by atoms with van der Waals surface area (Å²) in [7, 11) is 1.41. The first-order valence-electron chi connectivity index (χ1n) is 5.88. The fourth-order valence-electron chi connectivity index (χ4n) is 1.59. The predicted octanol–water partition coefficient (Wildman–Crippen LogP) is 4.09. The van der Waals surface area contributed by atoms with Crippen LogP contribution in [0, 0.1) is 3.57 Å². The maximum absolute atomic E-state index is 11.7. The second-order valence-electron chi connectivity index (χ2n) is 3.99. The third kappa shape index (κ3) is 4.65. The van der Waals surface area contributed by atoms with Crippen LogP contribution in [0.4, 0.5) is 5.69 Å². The second kappa shape index (κ2) is 7.84. The van der Waals surface area contributed by atoms with E-state index >= 15 is 0 Å². The Labute approximate surface area is 126 Å². The maximum atomic E-state index is 11.7. The highest BCUT2D eigenvalue weighted by Crippen LogP contribution is 2.23. The van der Waals surface area contributed by atoms with Gasteiger partial charge in [0.15, 0.2) is 0 Å². The van der Waals surface area contributed by atoms with Crippen LogP contribution in [0.25, 0.3) is 0 Å². The Bertz CT molecular complexity index is 412. The van der Waals surface area contributed by atoms with Gasteiger partial charge in [-0.25, -0.2) is 4.79 Å². The molecule has 18 heavy (non-hydrogen) atoms. The van der Waals surface area contributed by atoms with Gasteiger partial charge in [-0.1, -0.05) is 31.4 Å². The van der Waals surface area contributed by atoms with Crippen LogP contribution >= 0.6 is 34.2 Å². The summed E-state index contributed by atoms with van der Waals surface area (Å²) in [4.78, 5) is 11.7. The van der Waals surface area contributed by atoms with E-state index in [0.29, 0.717) is 5.02 Å². The third-order valence-electron chi connectivity index (χ3n) is 2.59. The molecule has 0 aliphatic rings. The van der Waals surface area contributed by atoms with Crippen LogP contribution in [0.5, 0.6) is 0 Å². The molecule has 0 fully saturated rings. The molecule has 0 heterocycles. The van der Waals surface area contributed by atoms with E-state index in [-0.39, 0.29) is 12.0 Å². The fourth-order valence-corrected chi connectivity index (χ4v) is 2.62. The Balaban J connectivity index is 2.78. The molecule has 1 rings (SSSR count). The average molecular weight is 382 g/mol. The van der Waals surface area contributed by atoms with Crippen LogP contribution < -0.4 is 5.32 Å². The molecule has 3 nitrogen and oxygen atoms in total. The van der Waals surface area contributed by atoms with Gasteiger partial charge in [0.05, 0.1) is 7.11 Å². The molecule has 1 aromatic rings. The number of ether oxygens (including phenoxy) is 1. The Hall–Kier alpha value is -0.490. The molecule has 0 bridgehead atoms. The van der Waals surface area contributed by atoms with Crippen molar-refractivity contribution < 1.29 is 9.53 Å². The van der Waals surface area contributed by atoms with Crippen molar-refractivity contribution in [2.45, 2.75) is 32.2 Å². The minimum absolute atomic E-state index is 0.228. The summed E-state index contributed by atoms with van der Waals surface area (Å²) in [5.74, 6) is -0.228. The van der Waals surface area contributed by atoms with Crippen molar-refractivity contribution in [2.24, 2.45) is 0 Å². The molecule has 1 unspecified atom stereocenters. The average Bonchev–Trinajstić information content (AvgIpc) is 2.36. The van der Waals surface area contributed by atoms with Gasteiger partial charge >= 0.3 is 5.97 Å². The number of methoxy groups -OCH3 is 1. The van der Waals surface area contributed by atoms with E-state index in [4.69, 9.17) is 16.3 Å². The number of anilines is 1. The molecule has 0 aliphatic heterocycles. The summed E-state index contributed by atoms with van der Waals surface area (Å²) in [5.41, 5.74) is 0.909. The molecule has 0 radical (unpaired) electrons. The number of halogens is 2. The Morgan fingerprint density at radius 1 is 1.56 bits per heavy atom. The van der Waals surface area contributed by atoms with Crippen LogP contribution in [0.2, 0.25) is 5.02 Å². The zero-order valence-electron chi connectivity index (χ0n) is 10.5. The van der Waals surface area contributed by atoms with E-state index in [1.54, 1.807) is 6.07 Å². The van der Waals surface area contributed by atoms with Crippen LogP contribution in [-0.4, -0.2) is 19.1 Å². The lowest BCUT2D eigenvalue weighted by atomic mass is 10.1. The van der Waals surface area contributed by atoms with Crippen molar-refractivity contribution >= 4 is 45.8 Å². The lowest BCUT2D eigenvalue weighted by Gasteiger charge is -2.18. The molecule has 5 heteroatoms. The number of unbranched alkanes of at least 4 members (excludes halogenated alkanes) is 1. The van der Waals surface area contributed by atoms with Crippen molar-refractivity contribution in [2.75, 3.05) is 12.4 Å². The minimum Gasteiger partial charge on any atom is -0.467 e. The molecule has 0 spiro atoms. The van der Waals surface area contributed by atoms with Crippen LogP contribution in [-0.2, 0) is 9.53 Å². The second-order valence-corrected chi connectivity index (χ2v) is 5.59. The van der Waals surface area contributed by atoms with Crippen molar-refractivity contribution in [1.29, 1.82) is 0 Å². The topological polar surface area (TPSA) is 38.3 Å². The Morgan fingerprint density at radius 3 is 2.83 bits per heavy atom. The van der Waals surface area contributed by atoms with Crippen LogP contribution in [0.1, 0.15) is 26.2 Å². The van der Waals surface area contributed by atoms with E-state index in [1.165, 1.54) is 7.11 Å². The maximum Gasteiger partial charge on any atom is 0.328 e. The zero-order chi connectivity index (χ0) is 13.5. The number of carbonyl (C=O) groups excluding carboxylic acids is 1. The Kier molecular flexibility index (Phi) is 6.78. The highest BCUT2D eigenvalue weighted by molar-refractivity contribution is 14.1. The predicted molar refractivity (Wildman–Crippen MR) is 83.1 cm³/mol. The van der Waals surface area contributed by atoms with E-state index in [2.05, 4.69) is 34.8 Å². The molecule has 0 saturated carbocycles. The summed E-state index contributed by atoms with van der Waals surface area (Å²) in [6, 6.07) is 5.25. The van der Waals surface area contributed by atoms with Crippen molar-refractivity contribution in [3.63, 3.8) is 0 Å². The lowest BCUT2D eigenvalue weighted by molar-refractivity contribution is -0.141. The number of rotatable bonds is 6.